The van der Waals surface area contributed by atoms with Crippen molar-refractivity contribution in [1.29, 1.82) is 0 Å². The predicted molar refractivity (Wildman–Crippen MR) is 123 cm³/mol. The fourth-order valence-corrected chi connectivity index (χ4v) is 4.17. The van der Waals surface area contributed by atoms with Gasteiger partial charge in [-0.25, -0.2) is 0 Å². The summed E-state index contributed by atoms with van der Waals surface area (Å²) in [7, 11) is 0. The zero-order valence-electron chi connectivity index (χ0n) is 16.6. The van der Waals surface area contributed by atoms with Crippen LogP contribution in [0.4, 0.5) is 5.69 Å². The second kappa shape index (κ2) is 8.67. The van der Waals surface area contributed by atoms with Crippen molar-refractivity contribution in [3.05, 3.63) is 81.9 Å². The Morgan fingerprint density at radius 3 is 2.83 bits per heavy atom. The molecule has 1 unspecified atom stereocenters. The van der Waals surface area contributed by atoms with Crippen LogP contribution in [0.25, 0.3) is 10.9 Å². The number of aromatic amines is 1. The summed E-state index contributed by atoms with van der Waals surface area (Å²) in [6.07, 6.45) is 2.67. The lowest BCUT2D eigenvalue weighted by Gasteiger charge is -2.18. The Labute approximate surface area is 179 Å². The molecule has 1 amide bonds. The van der Waals surface area contributed by atoms with Crippen LogP contribution in [0, 0.1) is 10.7 Å². The molecule has 7 heteroatoms. The van der Waals surface area contributed by atoms with Gasteiger partial charge in [-0.3, -0.25) is 14.2 Å². The van der Waals surface area contributed by atoms with Gasteiger partial charge in [0.25, 0.3) is 11.5 Å². The van der Waals surface area contributed by atoms with Crippen molar-refractivity contribution in [2.24, 2.45) is 5.92 Å². The lowest BCUT2D eigenvalue weighted by molar-refractivity contribution is 0.0948. The van der Waals surface area contributed by atoms with E-state index in [1.807, 2.05) is 18.2 Å². The van der Waals surface area contributed by atoms with Crippen LogP contribution in [0.3, 0.4) is 0 Å². The highest BCUT2D eigenvalue weighted by Gasteiger charge is 2.23. The molecule has 1 fully saturated rings. The van der Waals surface area contributed by atoms with Gasteiger partial charge in [0.2, 0.25) is 0 Å². The number of nitrogens with one attached hydrogen (secondary N) is 2. The number of fused-ring (bicyclic) bond motifs is 1. The van der Waals surface area contributed by atoms with E-state index in [2.05, 4.69) is 33.9 Å². The van der Waals surface area contributed by atoms with E-state index < -0.39 is 0 Å². The zero-order chi connectivity index (χ0) is 21.1. The number of hydrogen-bond donors (Lipinski definition) is 2. The largest absolute Gasteiger partial charge is 0.371 e. The summed E-state index contributed by atoms with van der Waals surface area (Å²) in [5, 5.41) is 3.53. The number of amides is 1. The Morgan fingerprint density at radius 2 is 2.07 bits per heavy atom. The van der Waals surface area contributed by atoms with E-state index in [0.29, 0.717) is 40.2 Å². The van der Waals surface area contributed by atoms with E-state index >= 15 is 0 Å². The average Bonchev–Trinajstić information content (AvgIpc) is 3.24. The molecule has 0 radical (unpaired) electrons. The van der Waals surface area contributed by atoms with Crippen LogP contribution < -0.4 is 15.8 Å². The lowest BCUT2D eigenvalue weighted by atomic mass is 10.1. The molecule has 0 aliphatic carbocycles. The minimum Gasteiger partial charge on any atom is -0.371 e. The van der Waals surface area contributed by atoms with Crippen LogP contribution in [-0.4, -0.2) is 35.1 Å². The monoisotopic (exact) mass is 420 g/mol. The predicted octanol–water partition coefficient (Wildman–Crippen LogP) is 3.50. The van der Waals surface area contributed by atoms with E-state index in [0.717, 1.165) is 19.5 Å². The number of allylic oxidation sites excluding steroid dienone is 1. The van der Waals surface area contributed by atoms with E-state index in [1.165, 1.54) is 10.3 Å². The van der Waals surface area contributed by atoms with Crippen LogP contribution in [0.2, 0.25) is 0 Å². The Balaban J connectivity index is 1.44. The molecule has 0 spiro atoms. The van der Waals surface area contributed by atoms with Gasteiger partial charge in [-0.05, 0) is 54.9 Å². The SMILES string of the molecule is C=CCn1c(=S)[nH]c2cc(C(=O)NCC3CCN(c4ccccc4)C3)ccc2c1=O. The molecule has 1 atom stereocenters. The Kier molecular flexibility index (Phi) is 5.81. The van der Waals surface area contributed by atoms with Gasteiger partial charge in [0.1, 0.15) is 0 Å². The Hall–Kier alpha value is -3.19. The summed E-state index contributed by atoms with van der Waals surface area (Å²) in [6, 6.07) is 15.4. The molecule has 4 rings (SSSR count). The van der Waals surface area contributed by atoms with E-state index in [4.69, 9.17) is 12.2 Å². The number of carbonyl (C=O) groups excluding carboxylic acids is 1. The van der Waals surface area contributed by atoms with Crippen LogP contribution in [-0.2, 0) is 6.54 Å². The molecule has 6 nitrogen and oxygen atoms in total. The summed E-state index contributed by atoms with van der Waals surface area (Å²) < 4.78 is 1.76. The molecule has 1 aliphatic rings. The van der Waals surface area contributed by atoms with Crippen LogP contribution in [0.5, 0.6) is 0 Å². The number of aromatic nitrogens is 2. The Morgan fingerprint density at radius 1 is 1.27 bits per heavy atom. The normalized spacial score (nSPS) is 16.0. The van der Waals surface area contributed by atoms with E-state index in [-0.39, 0.29) is 11.5 Å². The Bertz CT molecular complexity index is 1200. The lowest BCUT2D eigenvalue weighted by Crippen LogP contribution is -2.31. The standard InChI is InChI=1S/C23H24N4O2S/c1-2-11-27-22(29)19-9-8-17(13-20(19)25-23(27)30)21(28)24-14-16-10-12-26(15-16)18-6-4-3-5-7-18/h2-9,13,16H,1,10-12,14-15H2,(H,24,28)(H,25,30). The minimum atomic E-state index is -0.187. The third kappa shape index (κ3) is 4.07. The highest BCUT2D eigenvalue weighted by atomic mass is 32.1. The molecule has 0 bridgehead atoms. The number of H-pyrrole nitrogens is 1. The number of hydrogen-bond acceptors (Lipinski definition) is 4. The van der Waals surface area contributed by atoms with E-state index in [1.54, 1.807) is 24.3 Å². The maximum atomic E-state index is 12.7. The summed E-state index contributed by atoms with van der Waals surface area (Å²) in [6.45, 7) is 6.54. The van der Waals surface area contributed by atoms with Gasteiger partial charge >= 0.3 is 0 Å². The van der Waals surface area contributed by atoms with Crippen molar-refractivity contribution in [1.82, 2.24) is 14.9 Å². The van der Waals surface area contributed by atoms with Crippen molar-refractivity contribution in [2.75, 3.05) is 24.5 Å². The molecule has 2 aromatic carbocycles. The smallest absolute Gasteiger partial charge is 0.262 e. The fourth-order valence-electron chi connectivity index (χ4n) is 3.90. The molecule has 1 saturated heterocycles. The number of benzene rings is 2. The molecular formula is C23H24N4O2S. The fraction of sp³-hybridized carbons (Fsp3) is 0.261. The van der Waals surface area contributed by atoms with Gasteiger partial charge in [-0.2, -0.15) is 0 Å². The van der Waals surface area contributed by atoms with Crippen molar-refractivity contribution < 1.29 is 4.79 Å². The number of nitrogens with zero attached hydrogens (tertiary/aromatic N) is 2. The summed E-state index contributed by atoms with van der Waals surface area (Å²) in [5.41, 5.74) is 2.10. The molecule has 1 aromatic heterocycles. The maximum absolute atomic E-state index is 12.7. The molecule has 1 aliphatic heterocycles. The summed E-state index contributed by atoms with van der Waals surface area (Å²) in [5.74, 6) is 0.260. The van der Waals surface area contributed by atoms with Gasteiger partial charge in [0.15, 0.2) is 4.77 Å². The molecule has 154 valence electrons. The van der Waals surface area contributed by atoms with Gasteiger partial charge in [-0.15, -0.1) is 6.58 Å². The van der Waals surface area contributed by atoms with Gasteiger partial charge in [-0.1, -0.05) is 24.3 Å². The summed E-state index contributed by atoms with van der Waals surface area (Å²) >= 11 is 5.27. The summed E-state index contributed by atoms with van der Waals surface area (Å²) in [4.78, 5) is 30.7. The van der Waals surface area contributed by atoms with Crippen molar-refractivity contribution >= 4 is 34.7 Å². The third-order valence-electron chi connectivity index (χ3n) is 5.51. The number of anilines is 1. The first-order chi connectivity index (χ1) is 14.6. The molecule has 2 N–H and O–H groups in total. The van der Waals surface area contributed by atoms with Crippen LogP contribution in [0.15, 0.2) is 66.0 Å². The van der Waals surface area contributed by atoms with Crippen LogP contribution >= 0.6 is 12.2 Å². The molecule has 30 heavy (non-hydrogen) atoms. The maximum Gasteiger partial charge on any atom is 0.262 e. The van der Waals surface area contributed by atoms with Crippen molar-refractivity contribution in [3.8, 4) is 0 Å². The molecule has 2 heterocycles. The zero-order valence-corrected chi connectivity index (χ0v) is 17.5. The number of carbonyl (C=O) groups is 1. The molecular weight excluding hydrogens is 396 g/mol. The minimum absolute atomic E-state index is 0.148. The highest BCUT2D eigenvalue weighted by molar-refractivity contribution is 7.71. The average molecular weight is 421 g/mol. The first kappa shape index (κ1) is 20.1. The topological polar surface area (TPSA) is 70.1 Å². The van der Waals surface area contributed by atoms with Gasteiger partial charge in [0.05, 0.1) is 10.9 Å². The van der Waals surface area contributed by atoms with Crippen molar-refractivity contribution in [3.63, 3.8) is 0 Å². The second-order valence-corrected chi connectivity index (χ2v) is 7.93. The number of rotatable bonds is 6. The molecule has 3 aromatic rings. The highest BCUT2D eigenvalue weighted by Crippen LogP contribution is 2.23. The van der Waals surface area contributed by atoms with Gasteiger partial charge in [0, 0.05) is 37.4 Å². The number of para-hydroxylation sites is 1. The molecule has 0 saturated carbocycles. The quantitative estimate of drug-likeness (QED) is 0.473. The van der Waals surface area contributed by atoms with Crippen molar-refractivity contribution in [2.45, 2.75) is 13.0 Å². The third-order valence-corrected chi connectivity index (χ3v) is 5.84. The first-order valence-corrected chi connectivity index (χ1v) is 10.4. The van der Waals surface area contributed by atoms with E-state index in [9.17, 15) is 9.59 Å². The second-order valence-electron chi connectivity index (χ2n) is 7.54. The first-order valence-electron chi connectivity index (χ1n) is 10.0. The van der Waals surface area contributed by atoms with Gasteiger partial charge < -0.3 is 15.2 Å². The van der Waals surface area contributed by atoms with Crippen LogP contribution in [0.1, 0.15) is 16.8 Å².